The Bertz CT molecular complexity index is 358. The summed E-state index contributed by atoms with van der Waals surface area (Å²) in [5, 5.41) is 4.43. The first kappa shape index (κ1) is 13.6. The van der Waals surface area contributed by atoms with Crippen LogP contribution in [0.1, 0.15) is 38.7 Å². The number of nitrogens with two attached hydrogens (primary N) is 1. The zero-order chi connectivity index (χ0) is 13.0. The Morgan fingerprint density at radius 3 is 3.00 bits per heavy atom. The van der Waals surface area contributed by atoms with Crippen molar-refractivity contribution in [2.24, 2.45) is 11.7 Å². The molecule has 102 valence electrons. The summed E-state index contributed by atoms with van der Waals surface area (Å²) in [5.74, 6) is 0.643. The fourth-order valence-corrected chi connectivity index (χ4v) is 2.73. The summed E-state index contributed by atoms with van der Waals surface area (Å²) in [6, 6.07) is 0.562. The highest BCUT2D eigenvalue weighted by atomic mass is 15.3. The Hall–Kier alpha value is -0.870. The van der Waals surface area contributed by atoms with E-state index in [0.717, 1.165) is 19.6 Å². The van der Waals surface area contributed by atoms with Gasteiger partial charge in [-0.05, 0) is 25.3 Å². The summed E-state index contributed by atoms with van der Waals surface area (Å²) in [5.41, 5.74) is 7.17. The fraction of sp³-hybridized carbons (Fsp3) is 0.786. The van der Waals surface area contributed by atoms with Crippen LogP contribution in [0.2, 0.25) is 0 Å². The van der Waals surface area contributed by atoms with Gasteiger partial charge in [-0.2, -0.15) is 5.10 Å². The molecule has 1 aromatic heterocycles. The normalized spacial score (nSPS) is 21.7. The maximum Gasteiger partial charge on any atom is 0.0534 e. The van der Waals surface area contributed by atoms with Gasteiger partial charge < -0.3 is 5.73 Å². The highest BCUT2D eigenvalue weighted by Gasteiger charge is 2.21. The number of hydrogen-bond acceptors (Lipinski definition) is 3. The van der Waals surface area contributed by atoms with E-state index in [1.165, 1.54) is 31.4 Å². The summed E-state index contributed by atoms with van der Waals surface area (Å²) in [6.45, 7) is 8.39. The van der Waals surface area contributed by atoms with Crippen molar-refractivity contribution in [3.8, 4) is 0 Å². The minimum absolute atomic E-state index is 0.562. The molecule has 0 aliphatic carbocycles. The Morgan fingerprint density at radius 1 is 1.44 bits per heavy atom. The molecule has 0 aromatic carbocycles. The molecule has 0 saturated carbocycles. The van der Waals surface area contributed by atoms with E-state index in [1.54, 1.807) is 0 Å². The molecule has 1 saturated heterocycles. The van der Waals surface area contributed by atoms with E-state index >= 15 is 0 Å². The standard InChI is InChI=1S/C14H26N4/c1-12(2)9-18-11-13(8-16-18)10-17-6-4-3-5-14(17)7-15/h8,11-12,14H,3-7,9-10,15H2,1-2H3/t14-/m0/s1. The van der Waals surface area contributed by atoms with Crippen LogP contribution in [0.15, 0.2) is 12.4 Å². The number of aromatic nitrogens is 2. The second kappa shape index (κ2) is 6.34. The second-order valence-electron chi connectivity index (χ2n) is 5.82. The maximum atomic E-state index is 5.86. The monoisotopic (exact) mass is 250 g/mol. The minimum Gasteiger partial charge on any atom is -0.329 e. The first-order valence-corrected chi connectivity index (χ1v) is 7.14. The number of piperidine rings is 1. The molecular weight excluding hydrogens is 224 g/mol. The lowest BCUT2D eigenvalue weighted by Gasteiger charge is -2.34. The lowest BCUT2D eigenvalue weighted by atomic mass is 10.0. The third kappa shape index (κ3) is 3.56. The largest absolute Gasteiger partial charge is 0.329 e. The van der Waals surface area contributed by atoms with E-state index < -0.39 is 0 Å². The van der Waals surface area contributed by atoms with Crippen molar-refractivity contribution in [3.63, 3.8) is 0 Å². The van der Waals surface area contributed by atoms with Crippen LogP contribution >= 0.6 is 0 Å². The summed E-state index contributed by atoms with van der Waals surface area (Å²) >= 11 is 0. The minimum atomic E-state index is 0.562. The molecule has 1 aliphatic rings. The maximum absolute atomic E-state index is 5.86. The average molecular weight is 250 g/mol. The van der Waals surface area contributed by atoms with Crippen molar-refractivity contribution in [1.29, 1.82) is 0 Å². The first-order chi connectivity index (χ1) is 8.69. The van der Waals surface area contributed by atoms with Crippen molar-refractivity contribution in [1.82, 2.24) is 14.7 Å². The molecule has 0 spiro atoms. The molecule has 18 heavy (non-hydrogen) atoms. The van der Waals surface area contributed by atoms with Crippen molar-refractivity contribution in [2.75, 3.05) is 13.1 Å². The lowest BCUT2D eigenvalue weighted by molar-refractivity contribution is 0.145. The van der Waals surface area contributed by atoms with Crippen LogP contribution in [-0.2, 0) is 13.1 Å². The molecule has 2 N–H and O–H groups in total. The number of nitrogens with zero attached hydrogens (tertiary/aromatic N) is 3. The molecule has 0 amide bonds. The molecule has 1 aliphatic heterocycles. The van der Waals surface area contributed by atoms with E-state index in [9.17, 15) is 0 Å². The summed E-state index contributed by atoms with van der Waals surface area (Å²) < 4.78 is 2.06. The van der Waals surface area contributed by atoms with Crippen LogP contribution in [0.25, 0.3) is 0 Å². The van der Waals surface area contributed by atoms with Crippen molar-refractivity contribution in [3.05, 3.63) is 18.0 Å². The van der Waals surface area contributed by atoms with Crippen LogP contribution in [0.4, 0.5) is 0 Å². The van der Waals surface area contributed by atoms with Gasteiger partial charge in [-0.25, -0.2) is 0 Å². The summed E-state index contributed by atoms with van der Waals surface area (Å²) in [4.78, 5) is 2.51. The first-order valence-electron chi connectivity index (χ1n) is 7.14. The van der Waals surface area contributed by atoms with Crippen molar-refractivity contribution >= 4 is 0 Å². The van der Waals surface area contributed by atoms with Gasteiger partial charge in [-0.3, -0.25) is 9.58 Å². The molecular formula is C14H26N4. The van der Waals surface area contributed by atoms with Gasteiger partial charge in [0.1, 0.15) is 0 Å². The zero-order valence-electron chi connectivity index (χ0n) is 11.7. The number of hydrogen-bond donors (Lipinski definition) is 1. The van der Waals surface area contributed by atoms with Crippen LogP contribution in [0, 0.1) is 5.92 Å². The van der Waals surface area contributed by atoms with E-state index in [0.29, 0.717) is 12.0 Å². The molecule has 0 bridgehead atoms. The second-order valence-corrected chi connectivity index (χ2v) is 5.82. The summed E-state index contributed by atoms with van der Waals surface area (Å²) in [7, 11) is 0. The number of likely N-dealkylation sites (tertiary alicyclic amines) is 1. The molecule has 0 radical (unpaired) electrons. The molecule has 2 rings (SSSR count). The molecule has 1 atom stereocenters. The average Bonchev–Trinajstić information content (AvgIpc) is 2.76. The van der Waals surface area contributed by atoms with Crippen LogP contribution in [0.5, 0.6) is 0 Å². The fourth-order valence-electron chi connectivity index (χ4n) is 2.73. The Morgan fingerprint density at radius 2 is 2.28 bits per heavy atom. The molecule has 4 nitrogen and oxygen atoms in total. The topological polar surface area (TPSA) is 47.1 Å². The highest BCUT2D eigenvalue weighted by molar-refractivity contribution is 5.04. The van der Waals surface area contributed by atoms with Gasteiger partial charge in [0.25, 0.3) is 0 Å². The molecule has 2 heterocycles. The van der Waals surface area contributed by atoms with Gasteiger partial charge in [0, 0.05) is 37.4 Å². The van der Waals surface area contributed by atoms with E-state index in [4.69, 9.17) is 5.73 Å². The molecule has 4 heteroatoms. The van der Waals surface area contributed by atoms with E-state index in [2.05, 4.69) is 34.7 Å². The van der Waals surface area contributed by atoms with Gasteiger partial charge in [0.15, 0.2) is 0 Å². The van der Waals surface area contributed by atoms with Crippen molar-refractivity contribution in [2.45, 2.75) is 52.2 Å². The van der Waals surface area contributed by atoms with Gasteiger partial charge in [-0.15, -0.1) is 0 Å². The van der Waals surface area contributed by atoms with Gasteiger partial charge in [0.2, 0.25) is 0 Å². The van der Waals surface area contributed by atoms with E-state index in [-0.39, 0.29) is 0 Å². The number of rotatable bonds is 5. The molecule has 0 unspecified atom stereocenters. The molecule has 1 fully saturated rings. The lowest BCUT2D eigenvalue weighted by Crippen LogP contribution is -2.43. The van der Waals surface area contributed by atoms with Gasteiger partial charge in [-0.1, -0.05) is 20.3 Å². The molecule has 1 aromatic rings. The quantitative estimate of drug-likeness (QED) is 0.867. The van der Waals surface area contributed by atoms with Gasteiger partial charge >= 0.3 is 0 Å². The Labute approximate surface area is 110 Å². The van der Waals surface area contributed by atoms with Crippen LogP contribution in [-0.4, -0.2) is 33.8 Å². The van der Waals surface area contributed by atoms with Crippen molar-refractivity contribution < 1.29 is 0 Å². The SMILES string of the molecule is CC(C)Cn1cc(CN2CCCC[C@H]2CN)cn1. The smallest absolute Gasteiger partial charge is 0.0534 e. The third-order valence-corrected chi connectivity index (χ3v) is 3.65. The van der Waals surface area contributed by atoms with E-state index in [1.807, 2.05) is 6.20 Å². The summed E-state index contributed by atoms with van der Waals surface area (Å²) in [6.07, 6.45) is 8.06. The van der Waals surface area contributed by atoms with Gasteiger partial charge in [0.05, 0.1) is 6.20 Å². The Balaban J connectivity index is 1.93. The highest BCUT2D eigenvalue weighted by Crippen LogP contribution is 2.18. The third-order valence-electron chi connectivity index (χ3n) is 3.65. The zero-order valence-corrected chi connectivity index (χ0v) is 11.7. The van der Waals surface area contributed by atoms with Crippen LogP contribution < -0.4 is 5.73 Å². The van der Waals surface area contributed by atoms with Crippen LogP contribution in [0.3, 0.4) is 0 Å². The predicted octanol–water partition coefficient (Wildman–Crippen LogP) is 1.85. The Kier molecular flexibility index (Phi) is 4.78. The predicted molar refractivity (Wildman–Crippen MR) is 74.2 cm³/mol.